The van der Waals surface area contributed by atoms with Crippen molar-refractivity contribution in [1.82, 2.24) is 15.2 Å². The van der Waals surface area contributed by atoms with Gasteiger partial charge in [-0.05, 0) is 24.3 Å². The second kappa shape index (κ2) is 11.2. The summed E-state index contributed by atoms with van der Waals surface area (Å²) in [5, 5.41) is 14.8. The summed E-state index contributed by atoms with van der Waals surface area (Å²) >= 11 is 1.39. The van der Waals surface area contributed by atoms with E-state index in [1.165, 1.54) is 18.7 Å². The Morgan fingerprint density at radius 1 is 0.735 bits per heavy atom. The van der Waals surface area contributed by atoms with E-state index in [1.807, 2.05) is 60.7 Å². The monoisotopic (exact) mass is 469 g/mol. The van der Waals surface area contributed by atoms with E-state index >= 15 is 0 Å². The number of nitrogens with one attached hydrogen (secondary N) is 2. The van der Waals surface area contributed by atoms with Crippen molar-refractivity contribution in [3.05, 3.63) is 84.9 Å². The van der Waals surface area contributed by atoms with E-state index in [9.17, 15) is 9.59 Å². The summed E-state index contributed by atoms with van der Waals surface area (Å²) in [6, 6.07) is 26.7. The topological polar surface area (TPSA) is 96.9 Å². The Morgan fingerprint density at radius 3 is 1.88 bits per heavy atom. The zero-order valence-electron chi connectivity index (χ0n) is 18.6. The van der Waals surface area contributed by atoms with Gasteiger partial charge in [-0.3, -0.25) is 9.59 Å². The standard InChI is InChI=1S/C26H23N5O2S/c1-18(32)27-21-12-14-22(15-13-21)28-23(33)16-17-34-26-29-24(19-8-4-2-5-9-19)25(30-31-26)20-10-6-3-7-11-20/h2-15H,16-17H2,1H3,(H,27,32)(H,28,33). The summed E-state index contributed by atoms with van der Waals surface area (Å²) in [5.41, 5.74) is 4.73. The van der Waals surface area contributed by atoms with Gasteiger partial charge in [0.1, 0.15) is 11.4 Å². The van der Waals surface area contributed by atoms with Crippen LogP contribution in [-0.4, -0.2) is 32.7 Å². The SMILES string of the molecule is CC(=O)Nc1ccc(NC(=O)CCSc2nnc(-c3ccccc3)c(-c3ccccc3)n2)cc1. The summed E-state index contributed by atoms with van der Waals surface area (Å²) < 4.78 is 0. The van der Waals surface area contributed by atoms with Crippen molar-refractivity contribution in [3.63, 3.8) is 0 Å². The first-order valence-corrected chi connectivity index (χ1v) is 11.7. The van der Waals surface area contributed by atoms with Crippen molar-refractivity contribution in [2.75, 3.05) is 16.4 Å². The van der Waals surface area contributed by atoms with Gasteiger partial charge in [0.05, 0.1) is 0 Å². The van der Waals surface area contributed by atoms with Gasteiger partial charge >= 0.3 is 0 Å². The van der Waals surface area contributed by atoms with Gasteiger partial charge in [-0.2, -0.15) is 0 Å². The van der Waals surface area contributed by atoms with Crippen molar-refractivity contribution in [2.24, 2.45) is 0 Å². The molecule has 4 aromatic rings. The molecule has 3 aromatic carbocycles. The summed E-state index contributed by atoms with van der Waals surface area (Å²) in [6.07, 6.45) is 0.294. The summed E-state index contributed by atoms with van der Waals surface area (Å²) in [7, 11) is 0. The molecule has 0 atom stereocenters. The molecule has 2 N–H and O–H groups in total. The molecule has 0 unspecified atom stereocenters. The number of benzene rings is 3. The molecule has 0 saturated carbocycles. The Hall–Kier alpha value is -4.04. The lowest BCUT2D eigenvalue weighted by atomic mass is 10.0. The number of hydrogen-bond donors (Lipinski definition) is 2. The molecule has 0 saturated heterocycles. The summed E-state index contributed by atoms with van der Waals surface area (Å²) in [5.74, 6) is 0.255. The van der Waals surface area contributed by atoms with E-state index in [2.05, 4.69) is 20.8 Å². The molecule has 0 aliphatic heterocycles. The highest BCUT2D eigenvalue weighted by Gasteiger charge is 2.14. The fourth-order valence-electron chi connectivity index (χ4n) is 3.26. The third-order valence-corrected chi connectivity index (χ3v) is 5.65. The van der Waals surface area contributed by atoms with Crippen LogP contribution >= 0.6 is 11.8 Å². The van der Waals surface area contributed by atoms with Crippen LogP contribution in [-0.2, 0) is 9.59 Å². The highest BCUT2D eigenvalue weighted by molar-refractivity contribution is 7.99. The van der Waals surface area contributed by atoms with Gasteiger partial charge in [0.15, 0.2) is 0 Å². The number of hydrogen-bond acceptors (Lipinski definition) is 6. The third-order valence-electron chi connectivity index (χ3n) is 4.81. The largest absolute Gasteiger partial charge is 0.326 e. The Kier molecular flexibility index (Phi) is 7.62. The molecule has 7 nitrogen and oxygen atoms in total. The maximum Gasteiger partial charge on any atom is 0.225 e. The number of aromatic nitrogens is 3. The number of nitrogens with zero attached hydrogens (tertiary/aromatic N) is 3. The van der Waals surface area contributed by atoms with Crippen molar-refractivity contribution in [1.29, 1.82) is 0 Å². The number of carbonyl (C=O) groups is 2. The highest BCUT2D eigenvalue weighted by atomic mass is 32.2. The average Bonchev–Trinajstić information content (AvgIpc) is 2.86. The Labute approximate surface area is 202 Å². The van der Waals surface area contributed by atoms with Gasteiger partial charge in [0.2, 0.25) is 17.0 Å². The van der Waals surface area contributed by atoms with Gasteiger partial charge in [0, 0.05) is 41.6 Å². The number of carbonyl (C=O) groups excluding carboxylic acids is 2. The zero-order valence-corrected chi connectivity index (χ0v) is 19.4. The first-order chi connectivity index (χ1) is 16.6. The van der Waals surface area contributed by atoms with Crippen LogP contribution in [0.3, 0.4) is 0 Å². The minimum absolute atomic E-state index is 0.114. The van der Waals surface area contributed by atoms with E-state index in [0.717, 1.165) is 22.5 Å². The molecule has 0 spiro atoms. The number of thioether (sulfide) groups is 1. The molecule has 4 rings (SSSR count). The second-order valence-electron chi connectivity index (χ2n) is 7.43. The molecule has 170 valence electrons. The van der Waals surface area contributed by atoms with E-state index in [-0.39, 0.29) is 11.8 Å². The molecule has 1 aromatic heterocycles. The predicted molar refractivity (Wildman–Crippen MR) is 135 cm³/mol. The van der Waals surface area contributed by atoms with Crippen LogP contribution in [0.4, 0.5) is 11.4 Å². The Bertz CT molecular complexity index is 1270. The summed E-state index contributed by atoms with van der Waals surface area (Å²) in [4.78, 5) is 28.2. The maximum absolute atomic E-state index is 12.3. The summed E-state index contributed by atoms with van der Waals surface area (Å²) in [6.45, 7) is 1.45. The van der Waals surface area contributed by atoms with Crippen molar-refractivity contribution < 1.29 is 9.59 Å². The lowest BCUT2D eigenvalue weighted by molar-refractivity contribution is -0.116. The number of rotatable bonds is 8. The normalized spacial score (nSPS) is 10.5. The minimum atomic E-state index is -0.141. The van der Waals surface area contributed by atoms with Crippen LogP contribution in [0.5, 0.6) is 0 Å². The van der Waals surface area contributed by atoms with Crippen LogP contribution < -0.4 is 10.6 Å². The molecular weight excluding hydrogens is 446 g/mol. The quantitative estimate of drug-likeness (QED) is 0.341. The lowest BCUT2D eigenvalue weighted by Gasteiger charge is -2.09. The molecule has 8 heteroatoms. The van der Waals surface area contributed by atoms with Gasteiger partial charge in [-0.1, -0.05) is 72.4 Å². The van der Waals surface area contributed by atoms with Gasteiger partial charge in [-0.25, -0.2) is 4.98 Å². The van der Waals surface area contributed by atoms with Crippen molar-refractivity contribution >= 4 is 35.0 Å². The molecule has 34 heavy (non-hydrogen) atoms. The van der Waals surface area contributed by atoms with E-state index in [4.69, 9.17) is 4.98 Å². The zero-order chi connectivity index (χ0) is 23.8. The first-order valence-electron chi connectivity index (χ1n) is 10.7. The molecule has 0 bridgehead atoms. The average molecular weight is 470 g/mol. The smallest absolute Gasteiger partial charge is 0.225 e. The second-order valence-corrected chi connectivity index (χ2v) is 8.49. The Morgan fingerprint density at radius 2 is 1.29 bits per heavy atom. The van der Waals surface area contributed by atoms with Crippen LogP contribution in [0.1, 0.15) is 13.3 Å². The minimum Gasteiger partial charge on any atom is -0.326 e. The van der Waals surface area contributed by atoms with Crippen molar-refractivity contribution in [3.8, 4) is 22.5 Å². The molecular formula is C26H23N5O2S. The highest BCUT2D eigenvalue weighted by Crippen LogP contribution is 2.29. The first kappa shape index (κ1) is 23.1. The fourth-order valence-corrected chi connectivity index (χ4v) is 3.98. The number of anilines is 2. The fraction of sp³-hybridized carbons (Fsp3) is 0.115. The van der Waals surface area contributed by atoms with E-state index in [1.54, 1.807) is 24.3 Å². The van der Waals surface area contributed by atoms with Gasteiger partial charge < -0.3 is 10.6 Å². The number of amides is 2. The molecule has 1 heterocycles. The molecule has 0 aliphatic rings. The lowest BCUT2D eigenvalue weighted by Crippen LogP contribution is -2.12. The van der Waals surface area contributed by atoms with Crippen LogP contribution in [0.25, 0.3) is 22.5 Å². The van der Waals surface area contributed by atoms with Crippen molar-refractivity contribution in [2.45, 2.75) is 18.5 Å². The third kappa shape index (κ3) is 6.26. The van der Waals surface area contributed by atoms with E-state index < -0.39 is 0 Å². The van der Waals surface area contributed by atoms with Crippen LogP contribution in [0.15, 0.2) is 90.1 Å². The van der Waals surface area contributed by atoms with Gasteiger partial charge in [0.25, 0.3) is 0 Å². The van der Waals surface area contributed by atoms with E-state index in [0.29, 0.717) is 28.7 Å². The molecule has 0 fully saturated rings. The molecule has 0 radical (unpaired) electrons. The molecule has 2 amide bonds. The van der Waals surface area contributed by atoms with Crippen LogP contribution in [0.2, 0.25) is 0 Å². The molecule has 0 aliphatic carbocycles. The van der Waals surface area contributed by atoms with Crippen LogP contribution in [0, 0.1) is 0 Å². The predicted octanol–water partition coefficient (Wildman–Crippen LogP) is 5.28. The Balaban J connectivity index is 1.40. The maximum atomic E-state index is 12.3. The van der Waals surface area contributed by atoms with Gasteiger partial charge in [-0.15, -0.1) is 10.2 Å².